The van der Waals surface area contributed by atoms with E-state index < -0.39 is 5.60 Å². The fourth-order valence-corrected chi connectivity index (χ4v) is 5.53. The van der Waals surface area contributed by atoms with Crippen LogP contribution in [0.2, 0.25) is 0 Å². The molecule has 3 fully saturated rings. The van der Waals surface area contributed by atoms with Crippen LogP contribution in [-0.4, -0.2) is 17.3 Å². The molecule has 3 rings (SSSR count). The number of hydrogen-bond donors (Lipinski definition) is 2. The molecule has 2 nitrogen and oxygen atoms in total. The molecular weight excluding hydrogens is 258 g/mol. The number of rotatable bonds is 5. The fraction of sp³-hybridized carbons (Fsp3) is 1.00. The molecule has 0 saturated heterocycles. The van der Waals surface area contributed by atoms with Crippen LogP contribution in [0.25, 0.3) is 0 Å². The third-order valence-corrected chi connectivity index (χ3v) is 7.19. The van der Waals surface area contributed by atoms with E-state index in [0.29, 0.717) is 6.54 Å². The lowest BCUT2D eigenvalue weighted by Crippen LogP contribution is -2.56. The van der Waals surface area contributed by atoms with E-state index in [-0.39, 0.29) is 5.41 Å². The van der Waals surface area contributed by atoms with Gasteiger partial charge in [0.1, 0.15) is 0 Å². The molecule has 21 heavy (non-hydrogen) atoms. The van der Waals surface area contributed by atoms with Crippen molar-refractivity contribution >= 4 is 0 Å². The van der Waals surface area contributed by atoms with Crippen molar-refractivity contribution in [1.29, 1.82) is 0 Å². The second-order valence-corrected chi connectivity index (χ2v) is 8.44. The third-order valence-electron chi connectivity index (χ3n) is 7.19. The van der Waals surface area contributed by atoms with Gasteiger partial charge in [-0.3, -0.25) is 0 Å². The molecule has 0 aliphatic heterocycles. The lowest BCUT2D eigenvalue weighted by Gasteiger charge is -2.54. The van der Waals surface area contributed by atoms with Crippen LogP contribution in [0.4, 0.5) is 0 Å². The molecule has 122 valence electrons. The van der Waals surface area contributed by atoms with Gasteiger partial charge in [0, 0.05) is 12.0 Å². The van der Waals surface area contributed by atoms with Gasteiger partial charge in [-0.1, -0.05) is 26.2 Å². The lowest BCUT2D eigenvalue weighted by atomic mass is 9.55. The second-order valence-electron chi connectivity index (χ2n) is 8.44. The van der Waals surface area contributed by atoms with Crippen LogP contribution in [0.5, 0.6) is 0 Å². The van der Waals surface area contributed by atoms with Gasteiger partial charge in [0.15, 0.2) is 0 Å². The van der Waals surface area contributed by atoms with E-state index in [1.807, 2.05) is 0 Å². The van der Waals surface area contributed by atoms with Gasteiger partial charge in [0.25, 0.3) is 0 Å². The molecule has 0 amide bonds. The normalized spacial score (nSPS) is 44.7. The summed E-state index contributed by atoms with van der Waals surface area (Å²) in [4.78, 5) is 0. The summed E-state index contributed by atoms with van der Waals surface area (Å²) in [6.07, 6.45) is 15.0. The first-order chi connectivity index (χ1) is 10.1. The SMILES string of the molecule is CCCC1CCC(CN)(C2(O)CCCC(C3CC3)C2)CC1. The monoisotopic (exact) mass is 293 g/mol. The highest BCUT2D eigenvalue weighted by Crippen LogP contribution is 2.56. The molecule has 2 atom stereocenters. The lowest BCUT2D eigenvalue weighted by molar-refractivity contribution is -0.139. The Morgan fingerprint density at radius 2 is 1.71 bits per heavy atom. The van der Waals surface area contributed by atoms with Crippen molar-refractivity contribution in [3.8, 4) is 0 Å². The molecule has 2 unspecified atom stereocenters. The Hall–Kier alpha value is -0.0800. The molecule has 0 bridgehead atoms. The van der Waals surface area contributed by atoms with E-state index in [4.69, 9.17) is 5.73 Å². The van der Waals surface area contributed by atoms with Gasteiger partial charge < -0.3 is 10.8 Å². The zero-order valence-electron chi connectivity index (χ0n) is 13.9. The molecule has 0 aromatic heterocycles. The summed E-state index contributed by atoms with van der Waals surface area (Å²) in [7, 11) is 0. The summed E-state index contributed by atoms with van der Waals surface area (Å²) in [6.45, 7) is 2.99. The minimum absolute atomic E-state index is 0.0325. The summed E-state index contributed by atoms with van der Waals surface area (Å²) in [6, 6.07) is 0. The topological polar surface area (TPSA) is 46.2 Å². The molecule has 0 aromatic carbocycles. The molecule has 3 aliphatic carbocycles. The molecule has 0 aromatic rings. The number of aliphatic hydroxyl groups is 1. The molecule has 0 radical (unpaired) electrons. The van der Waals surface area contributed by atoms with Gasteiger partial charge in [0.2, 0.25) is 0 Å². The van der Waals surface area contributed by atoms with Crippen LogP contribution >= 0.6 is 0 Å². The number of nitrogens with two attached hydrogens (primary N) is 1. The van der Waals surface area contributed by atoms with Gasteiger partial charge in [-0.2, -0.15) is 0 Å². The molecule has 0 spiro atoms. The van der Waals surface area contributed by atoms with E-state index in [2.05, 4.69) is 6.92 Å². The maximum Gasteiger partial charge on any atom is 0.0718 e. The summed E-state index contributed by atoms with van der Waals surface area (Å²) < 4.78 is 0. The zero-order chi connectivity index (χ0) is 14.9. The Morgan fingerprint density at radius 1 is 1.00 bits per heavy atom. The summed E-state index contributed by atoms with van der Waals surface area (Å²) in [5.74, 6) is 2.62. The van der Waals surface area contributed by atoms with Crippen molar-refractivity contribution in [2.75, 3.05) is 6.54 Å². The predicted molar refractivity (Wildman–Crippen MR) is 88.0 cm³/mol. The second kappa shape index (κ2) is 6.20. The van der Waals surface area contributed by atoms with Crippen molar-refractivity contribution in [2.24, 2.45) is 28.9 Å². The van der Waals surface area contributed by atoms with Crippen LogP contribution in [0.15, 0.2) is 0 Å². The van der Waals surface area contributed by atoms with Gasteiger partial charge in [-0.05, 0) is 75.5 Å². The standard InChI is InChI=1S/C19H35NO/c1-2-4-15-8-11-18(14-20,12-9-15)19(21)10-3-5-17(13-19)16-6-7-16/h15-17,21H,2-14,20H2,1H3. The maximum atomic E-state index is 11.5. The van der Waals surface area contributed by atoms with E-state index in [1.165, 1.54) is 64.2 Å². The molecule has 2 heteroatoms. The first-order valence-corrected chi connectivity index (χ1v) is 9.55. The average molecular weight is 293 g/mol. The van der Waals surface area contributed by atoms with Gasteiger partial charge >= 0.3 is 0 Å². The minimum atomic E-state index is -0.454. The van der Waals surface area contributed by atoms with E-state index in [1.54, 1.807) is 0 Å². The van der Waals surface area contributed by atoms with Crippen LogP contribution in [0.1, 0.15) is 84.0 Å². The largest absolute Gasteiger partial charge is 0.389 e. The molecule has 3 N–H and O–H groups in total. The quantitative estimate of drug-likeness (QED) is 0.796. The Labute approximate surface area is 130 Å². The van der Waals surface area contributed by atoms with Crippen molar-refractivity contribution < 1.29 is 5.11 Å². The van der Waals surface area contributed by atoms with Crippen LogP contribution in [0, 0.1) is 23.2 Å². The van der Waals surface area contributed by atoms with Crippen molar-refractivity contribution in [2.45, 2.75) is 89.6 Å². The molecule has 0 heterocycles. The van der Waals surface area contributed by atoms with Crippen LogP contribution < -0.4 is 5.73 Å². The predicted octanol–water partition coefficient (Wildman–Crippen LogP) is 4.25. The highest BCUT2D eigenvalue weighted by molar-refractivity contribution is 5.05. The summed E-state index contributed by atoms with van der Waals surface area (Å²) in [5.41, 5.74) is 5.83. The van der Waals surface area contributed by atoms with Crippen molar-refractivity contribution in [1.82, 2.24) is 0 Å². The Bertz CT molecular complexity index is 343. The highest BCUT2D eigenvalue weighted by atomic mass is 16.3. The first kappa shape index (κ1) is 15.8. The molecular formula is C19H35NO. The van der Waals surface area contributed by atoms with Gasteiger partial charge in [0.05, 0.1) is 5.60 Å². The van der Waals surface area contributed by atoms with Crippen LogP contribution in [0.3, 0.4) is 0 Å². The number of hydrogen-bond acceptors (Lipinski definition) is 2. The minimum Gasteiger partial charge on any atom is -0.389 e. The van der Waals surface area contributed by atoms with E-state index in [0.717, 1.165) is 30.6 Å². The maximum absolute atomic E-state index is 11.5. The fourth-order valence-electron chi connectivity index (χ4n) is 5.53. The first-order valence-electron chi connectivity index (χ1n) is 9.55. The van der Waals surface area contributed by atoms with Gasteiger partial charge in [-0.25, -0.2) is 0 Å². The Morgan fingerprint density at radius 3 is 2.29 bits per heavy atom. The van der Waals surface area contributed by atoms with Crippen LogP contribution in [-0.2, 0) is 0 Å². The van der Waals surface area contributed by atoms with Crippen molar-refractivity contribution in [3.05, 3.63) is 0 Å². The zero-order valence-corrected chi connectivity index (χ0v) is 13.9. The Balaban J connectivity index is 1.69. The van der Waals surface area contributed by atoms with E-state index >= 15 is 0 Å². The molecule has 3 saturated carbocycles. The Kier molecular flexibility index (Phi) is 4.66. The summed E-state index contributed by atoms with van der Waals surface area (Å²) in [5, 5.41) is 11.5. The van der Waals surface area contributed by atoms with E-state index in [9.17, 15) is 5.11 Å². The highest BCUT2D eigenvalue weighted by Gasteiger charge is 2.53. The molecule has 3 aliphatic rings. The summed E-state index contributed by atoms with van der Waals surface area (Å²) >= 11 is 0. The van der Waals surface area contributed by atoms with Crippen molar-refractivity contribution in [3.63, 3.8) is 0 Å². The van der Waals surface area contributed by atoms with Gasteiger partial charge in [-0.15, -0.1) is 0 Å². The smallest absolute Gasteiger partial charge is 0.0718 e. The average Bonchev–Trinajstić information content (AvgIpc) is 3.33. The third kappa shape index (κ3) is 3.03.